The number of Topliss-reactive ketones (excluding diaryl/α,β-unsaturated/α-hetero) is 1. The molecule has 0 saturated carbocycles. The molecule has 0 fully saturated rings. The lowest BCUT2D eigenvalue weighted by molar-refractivity contribution is -0.125. The smallest absolute Gasteiger partial charge is 0.438 e. The number of hydrogen-bond acceptors (Lipinski definition) is 4. The normalized spacial score (nSPS) is 14.7. The second-order valence-corrected chi connectivity index (χ2v) is 3.68. The van der Waals surface area contributed by atoms with Crippen LogP contribution in [0.25, 0.3) is 0 Å². The maximum Gasteiger partial charge on any atom is 0.508 e. The zero-order valence-corrected chi connectivity index (χ0v) is 9.37. The van der Waals surface area contributed by atoms with Gasteiger partial charge in [0.05, 0.1) is 13.0 Å². The zero-order valence-electron chi connectivity index (χ0n) is 9.37. The molecule has 0 rings (SSSR count). The van der Waals surface area contributed by atoms with Crippen molar-refractivity contribution in [3.8, 4) is 0 Å². The molecule has 0 aromatic carbocycles. The van der Waals surface area contributed by atoms with Crippen LogP contribution in [0.2, 0.25) is 0 Å². The fourth-order valence-electron chi connectivity index (χ4n) is 1.21. The SMILES string of the molecule is COC(=O)O[C@@H](C(C)C)[C@H](C)C(C)=O. The molecule has 0 radical (unpaired) electrons. The van der Waals surface area contributed by atoms with E-state index in [1.807, 2.05) is 13.8 Å². The molecule has 4 nitrogen and oxygen atoms in total. The first-order chi connectivity index (χ1) is 6.40. The molecule has 0 aliphatic rings. The summed E-state index contributed by atoms with van der Waals surface area (Å²) in [5, 5.41) is 0. The summed E-state index contributed by atoms with van der Waals surface area (Å²) < 4.78 is 9.39. The van der Waals surface area contributed by atoms with Gasteiger partial charge in [0.1, 0.15) is 11.9 Å². The van der Waals surface area contributed by atoms with Gasteiger partial charge in [-0.15, -0.1) is 0 Å². The Bertz CT molecular complexity index is 210. The van der Waals surface area contributed by atoms with Crippen molar-refractivity contribution in [2.75, 3.05) is 7.11 Å². The third-order valence-electron chi connectivity index (χ3n) is 2.19. The van der Waals surface area contributed by atoms with E-state index < -0.39 is 12.3 Å². The summed E-state index contributed by atoms with van der Waals surface area (Å²) in [5.74, 6) is -0.199. The lowest BCUT2D eigenvalue weighted by atomic mass is 9.92. The molecule has 0 spiro atoms. The molecule has 14 heavy (non-hydrogen) atoms. The predicted molar refractivity (Wildman–Crippen MR) is 52.0 cm³/mol. The lowest BCUT2D eigenvalue weighted by Gasteiger charge is -2.24. The van der Waals surface area contributed by atoms with E-state index >= 15 is 0 Å². The summed E-state index contributed by atoms with van der Waals surface area (Å²) in [4.78, 5) is 22.0. The Hall–Kier alpha value is -1.06. The number of carbonyl (C=O) groups excluding carboxylic acids is 2. The molecule has 0 aromatic heterocycles. The van der Waals surface area contributed by atoms with Crippen molar-refractivity contribution < 1.29 is 19.1 Å². The highest BCUT2D eigenvalue weighted by atomic mass is 16.7. The highest BCUT2D eigenvalue weighted by Crippen LogP contribution is 2.18. The molecule has 0 aromatic rings. The van der Waals surface area contributed by atoms with Crippen LogP contribution in [-0.4, -0.2) is 25.2 Å². The van der Waals surface area contributed by atoms with Crippen LogP contribution in [-0.2, 0) is 14.3 Å². The average Bonchev–Trinajstić information content (AvgIpc) is 2.11. The van der Waals surface area contributed by atoms with Crippen molar-refractivity contribution in [1.82, 2.24) is 0 Å². The molecule has 0 heterocycles. The van der Waals surface area contributed by atoms with Crippen LogP contribution < -0.4 is 0 Å². The molecule has 0 unspecified atom stereocenters. The van der Waals surface area contributed by atoms with E-state index in [0.717, 1.165) is 0 Å². The van der Waals surface area contributed by atoms with E-state index in [4.69, 9.17) is 4.74 Å². The van der Waals surface area contributed by atoms with Gasteiger partial charge in [0, 0.05) is 0 Å². The molecule has 2 atom stereocenters. The third kappa shape index (κ3) is 3.77. The molecule has 0 amide bonds. The van der Waals surface area contributed by atoms with Crippen molar-refractivity contribution in [2.45, 2.75) is 33.8 Å². The third-order valence-corrected chi connectivity index (χ3v) is 2.19. The monoisotopic (exact) mass is 202 g/mol. The van der Waals surface area contributed by atoms with Crippen LogP contribution >= 0.6 is 0 Å². The van der Waals surface area contributed by atoms with Crippen LogP contribution in [0.15, 0.2) is 0 Å². The van der Waals surface area contributed by atoms with Gasteiger partial charge < -0.3 is 9.47 Å². The van der Waals surface area contributed by atoms with E-state index in [9.17, 15) is 9.59 Å². The molecule has 82 valence electrons. The van der Waals surface area contributed by atoms with Gasteiger partial charge in [0.25, 0.3) is 0 Å². The standard InChI is InChI=1S/C10H18O4/c1-6(2)9(7(3)8(4)11)14-10(12)13-5/h6-7,9H,1-5H3/t7-,9+/m1/s1. The summed E-state index contributed by atoms with van der Waals surface area (Å²) in [5.41, 5.74) is 0. The van der Waals surface area contributed by atoms with Gasteiger partial charge in [-0.25, -0.2) is 4.79 Å². The number of ether oxygens (including phenoxy) is 2. The largest absolute Gasteiger partial charge is 0.508 e. The molecular weight excluding hydrogens is 184 g/mol. The van der Waals surface area contributed by atoms with Crippen LogP contribution in [0.3, 0.4) is 0 Å². The topological polar surface area (TPSA) is 52.6 Å². The van der Waals surface area contributed by atoms with Crippen molar-refractivity contribution in [3.05, 3.63) is 0 Å². The van der Waals surface area contributed by atoms with Gasteiger partial charge in [0.15, 0.2) is 0 Å². The molecule has 4 heteroatoms. The van der Waals surface area contributed by atoms with Gasteiger partial charge in [-0.1, -0.05) is 20.8 Å². The highest BCUT2D eigenvalue weighted by Gasteiger charge is 2.28. The van der Waals surface area contributed by atoms with E-state index in [-0.39, 0.29) is 17.6 Å². The van der Waals surface area contributed by atoms with Crippen molar-refractivity contribution >= 4 is 11.9 Å². The summed E-state index contributed by atoms with van der Waals surface area (Å²) >= 11 is 0. The molecular formula is C10H18O4. The minimum absolute atomic E-state index is 0.00704. The van der Waals surface area contributed by atoms with Crippen LogP contribution in [0, 0.1) is 11.8 Å². The maximum atomic E-state index is 11.1. The average molecular weight is 202 g/mol. The Balaban J connectivity index is 4.44. The Morgan fingerprint density at radius 2 is 1.64 bits per heavy atom. The zero-order chi connectivity index (χ0) is 11.3. The fourth-order valence-corrected chi connectivity index (χ4v) is 1.21. The van der Waals surface area contributed by atoms with E-state index in [0.29, 0.717) is 0 Å². The van der Waals surface area contributed by atoms with Crippen LogP contribution in [0.5, 0.6) is 0 Å². The summed E-state index contributed by atoms with van der Waals surface area (Å²) in [7, 11) is 1.25. The van der Waals surface area contributed by atoms with Crippen LogP contribution in [0.4, 0.5) is 4.79 Å². The maximum absolute atomic E-state index is 11.1. The lowest BCUT2D eigenvalue weighted by Crippen LogP contribution is -2.33. The first kappa shape index (κ1) is 12.9. The molecule has 0 bridgehead atoms. The molecule has 0 aliphatic carbocycles. The Labute approximate surface area is 84.6 Å². The number of ketones is 1. The van der Waals surface area contributed by atoms with E-state index in [1.54, 1.807) is 6.92 Å². The van der Waals surface area contributed by atoms with Gasteiger partial charge in [-0.3, -0.25) is 4.79 Å². The second kappa shape index (κ2) is 5.62. The molecule has 0 aliphatic heterocycles. The number of methoxy groups -OCH3 is 1. The second-order valence-electron chi connectivity index (χ2n) is 3.68. The van der Waals surface area contributed by atoms with Crippen molar-refractivity contribution in [3.63, 3.8) is 0 Å². The Morgan fingerprint density at radius 3 is 1.93 bits per heavy atom. The quantitative estimate of drug-likeness (QED) is 0.654. The summed E-state index contributed by atoms with van der Waals surface area (Å²) in [6, 6.07) is 0. The first-order valence-electron chi connectivity index (χ1n) is 4.65. The van der Waals surface area contributed by atoms with Gasteiger partial charge >= 0.3 is 6.16 Å². The number of rotatable bonds is 4. The van der Waals surface area contributed by atoms with Crippen molar-refractivity contribution in [1.29, 1.82) is 0 Å². The van der Waals surface area contributed by atoms with Crippen LogP contribution in [0.1, 0.15) is 27.7 Å². The number of hydrogen-bond donors (Lipinski definition) is 0. The summed E-state index contributed by atoms with van der Waals surface area (Å²) in [6.07, 6.45) is -1.16. The first-order valence-corrected chi connectivity index (χ1v) is 4.65. The molecule has 0 N–H and O–H groups in total. The predicted octanol–water partition coefficient (Wildman–Crippen LogP) is 2.02. The fraction of sp³-hybridized carbons (Fsp3) is 0.800. The summed E-state index contributed by atoms with van der Waals surface area (Å²) in [6.45, 7) is 7.02. The Kier molecular flexibility index (Phi) is 5.20. The van der Waals surface area contributed by atoms with Gasteiger partial charge in [0.2, 0.25) is 0 Å². The molecule has 0 saturated heterocycles. The minimum atomic E-state index is -0.739. The van der Waals surface area contributed by atoms with E-state index in [1.165, 1.54) is 14.0 Å². The Morgan fingerprint density at radius 1 is 1.14 bits per heavy atom. The van der Waals surface area contributed by atoms with Crippen molar-refractivity contribution in [2.24, 2.45) is 11.8 Å². The number of carbonyl (C=O) groups is 2. The highest BCUT2D eigenvalue weighted by molar-refractivity contribution is 5.78. The van der Waals surface area contributed by atoms with Gasteiger partial charge in [-0.05, 0) is 12.8 Å². The van der Waals surface area contributed by atoms with E-state index in [2.05, 4.69) is 4.74 Å². The minimum Gasteiger partial charge on any atom is -0.438 e. The van der Waals surface area contributed by atoms with Gasteiger partial charge in [-0.2, -0.15) is 0 Å².